The fraction of sp³-hybridized carbons (Fsp3) is 0.941. The molecule has 4 aliphatic rings. The molecule has 0 heterocycles. The Bertz CT molecular complexity index is 345. The summed E-state index contributed by atoms with van der Waals surface area (Å²) in [6.07, 6.45) is 9.40. The molecule has 1 N–H and O–H groups in total. The Balaban J connectivity index is 1.77. The minimum Gasteiger partial charge on any atom is -0.349 e. The van der Waals surface area contributed by atoms with Crippen LogP contribution in [0.15, 0.2) is 0 Å². The Kier molecular flexibility index (Phi) is 3.81. The van der Waals surface area contributed by atoms with Crippen LogP contribution in [0.1, 0.15) is 65.2 Å². The van der Waals surface area contributed by atoms with E-state index in [4.69, 9.17) is 11.6 Å². The third kappa shape index (κ3) is 2.28. The van der Waals surface area contributed by atoms with Crippen LogP contribution in [-0.2, 0) is 4.79 Å². The van der Waals surface area contributed by atoms with E-state index in [-0.39, 0.29) is 11.0 Å². The quantitative estimate of drug-likeness (QED) is 0.760. The van der Waals surface area contributed by atoms with Crippen molar-refractivity contribution in [3.05, 3.63) is 0 Å². The van der Waals surface area contributed by atoms with E-state index in [1.165, 1.54) is 19.3 Å². The first-order chi connectivity index (χ1) is 9.54. The first kappa shape index (κ1) is 14.7. The molecule has 4 bridgehead atoms. The molecule has 3 heteroatoms. The second kappa shape index (κ2) is 5.19. The first-order valence-corrected chi connectivity index (χ1v) is 8.97. The Labute approximate surface area is 128 Å². The van der Waals surface area contributed by atoms with Crippen molar-refractivity contribution in [2.75, 3.05) is 5.88 Å². The van der Waals surface area contributed by atoms with Crippen LogP contribution in [0.2, 0.25) is 0 Å². The number of hydrogen-bond donors (Lipinski definition) is 1. The van der Waals surface area contributed by atoms with Crippen molar-refractivity contribution in [2.24, 2.45) is 23.2 Å². The van der Waals surface area contributed by atoms with Gasteiger partial charge in [-0.2, -0.15) is 0 Å². The van der Waals surface area contributed by atoms with Crippen molar-refractivity contribution < 1.29 is 4.79 Å². The summed E-state index contributed by atoms with van der Waals surface area (Å²) in [5.74, 6) is 3.31. The highest BCUT2D eigenvalue weighted by Gasteiger charge is 2.55. The van der Waals surface area contributed by atoms with Crippen molar-refractivity contribution in [1.29, 1.82) is 0 Å². The van der Waals surface area contributed by atoms with Crippen LogP contribution < -0.4 is 5.32 Å². The van der Waals surface area contributed by atoms with Gasteiger partial charge in [-0.15, -0.1) is 11.6 Å². The van der Waals surface area contributed by atoms with Gasteiger partial charge in [-0.3, -0.25) is 4.79 Å². The van der Waals surface area contributed by atoms with Crippen LogP contribution in [0, 0.1) is 23.2 Å². The number of hydrogen-bond acceptors (Lipinski definition) is 1. The number of halogens is 1. The zero-order valence-corrected chi connectivity index (χ0v) is 13.6. The average Bonchev–Trinajstić information content (AvgIpc) is 2.43. The Morgan fingerprint density at radius 3 is 1.90 bits per heavy atom. The highest BCUT2D eigenvalue weighted by Crippen LogP contribution is 2.60. The van der Waals surface area contributed by atoms with Gasteiger partial charge in [-0.25, -0.2) is 0 Å². The second-order valence-corrected chi connectivity index (χ2v) is 8.04. The molecule has 0 saturated heterocycles. The maximum absolute atomic E-state index is 13.0. The third-order valence-electron chi connectivity index (χ3n) is 6.51. The summed E-state index contributed by atoms with van der Waals surface area (Å²) < 4.78 is 0. The smallest absolute Gasteiger partial charge is 0.226 e. The highest BCUT2D eigenvalue weighted by atomic mass is 35.5. The first-order valence-electron chi connectivity index (χ1n) is 8.43. The van der Waals surface area contributed by atoms with Gasteiger partial charge in [0.05, 0.1) is 5.54 Å². The molecule has 20 heavy (non-hydrogen) atoms. The molecule has 0 atom stereocenters. The van der Waals surface area contributed by atoms with Crippen LogP contribution in [0.25, 0.3) is 0 Å². The molecule has 1 amide bonds. The molecule has 0 spiro atoms. The maximum Gasteiger partial charge on any atom is 0.226 e. The van der Waals surface area contributed by atoms with E-state index in [2.05, 4.69) is 19.2 Å². The van der Waals surface area contributed by atoms with Gasteiger partial charge in [0.1, 0.15) is 0 Å². The summed E-state index contributed by atoms with van der Waals surface area (Å²) in [7, 11) is 0. The lowest BCUT2D eigenvalue weighted by Gasteiger charge is -2.56. The number of nitrogens with one attached hydrogen (secondary N) is 1. The normalized spacial score (nSPS) is 39.0. The lowest BCUT2D eigenvalue weighted by atomic mass is 9.49. The third-order valence-corrected chi connectivity index (χ3v) is 7.02. The number of carbonyl (C=O) groups excluding carboxylic acids is 1. The number of carbonyl (C=O) groups is 1. The van der Waals surface area contributed by atoms with Gasteiger partial charge in [0, 0.05) is 11.3 Å². The molecule has 4 saturated carbocycles. The van der Waals surface area contributed by atoms with Gasteiger partial charge in [-0.1, -0.05) is 13.8 Å². The SMILES string of the molecule is CCC(CC)(CCl)NC(=O)C12CC3CC(CC(C3)C1)C2. The van der Waals surface area contributed by atoms with Gasteiger partial charge in [-0.05, 0) is 69.1 Å². The van der Waals surface area contributed by atoms with E-state index in [0.29, 0.717) is 11.8 Å². The minimum atomic E-state index is -0.192. The summed E-state index contributed by atoms with van der Waals surface area (Å²) in [6.45, 7) is 4.26. The second-order valence-electron chi connectivity index (χ2n) is 7.77. The summed E-state index contributed by atoms with van der Waals surface area (Å²) >= 11 is 6.16. The van der Waals surface area contributed by atoms with Crippen LogP contribution in [0.3, 0.4) is 0 Å². The molecule has 0 aromatic heterocycles. The van der Waals surface area contributed by atoms with Gasteiger partial charge in [0.2, 0.25) is 5.91 Å². The topological polar surface area (TPSA) is 29.1 Å². The van der Waals surface area contributed by atoms with E-state index >= 15 is 0 Å². The zero-order valence-electron chi connectivity index (χ0n) is 12.9. The van der Waals surface area contributed by atoms with Crippen molar-refractivity contribution in [1.82, 2.24) is 5.32 Å². The van der Waals surface area contributed by atoms with Crippen LogP contribution >= 0.6 is 11.6 Å². The maximum atomic E-state index is 13.0. The molecule has 0 unspecified atom stereocenters. The van der Waals surface area contributed by atoms with Crippen molar-refractivity contribution in [2.45, 2.75) is 70.8 Å². The molecule has 0 aromatic carbocycles. The largest absolute Gasteiger partial charge is 0.349 e. The predicted octanol–water partition coefficient (Wildman–Crippen LogP) is 4.12. The van der Waals surface area contributed by atoms with Gasteiger partial charge in [0.25, 0.3) is 0 Å². The molecule has 2 nitrogen and oxygen atoms in total. The molecule has 4 rings (SSSR count). The Hall–Kier alpha value is -0.240. The van der Waals surface area contributed by atoms with Crippen molar-refractivity contribution in [3.8, 4) is 0 Å². The van der Waals surface area contributed by atoms with E-state index in [0.717, 1.165) is 49.9 Å². The van der Waals surface area contributed by atoms with Gasteiger partial charge in [0.15, 0.2) is 0 Å². The monoisotopic (exact) mass is 297 g/mol. The van der Waals surface area contributed by atoms with E-state index in [1.54, 1.807) is 0 Å². The highest BCUT2D eigenvalue weighted by molar-refractivity contribution is 6.18. The van der Waals surface area contributed by atoms with E-state index in [1.807, 2.05) is 0 Å². The van der Waals surface area contributed by atoms with Crippen molar-refractivity contribution >= 4 is 17.5 Å². The lowest BCUT2D eigenvalue weighted by Crippen LogP contribution is -2.59. The van der Waals surface area contributed by atoms with Crippen LogP contribution in [0.5, 0.6) is 0 Å². The molecule has 0 aliphatic heterocycles. The summed E-state index contributed by atoms with van der Waals surface area (Å²) in [5.41, 5.74) is -0.238. The zero-order chi connectivity index (χ0) is 14.4. The molecule has 0 radical (unpaired) electrons. The molecule has 114 valence electrons. The summed E-state index contributed by atoms with van der Waals surface area (Å²) in [4.78, 5) is 13.0. The van der Waals surface area contributed by atoms with Gasteiger partial charge >= 0.3 is 0 Å². The van der Waals surface area contributed by atoms with Crippen LogP contribution in [-0.4, -0.2) is 17.3 Å². The van der Waals surface area contributed by atoms with Crippen molar-refractivity contribution in [3.63, 3.8) is 0 Å². The average molecular weight is 298 g/mol. The molecule has 4 fully saturated rings. The summed E-state index contributed by atoms with van der Waals surface area (Å²) in [5, 5.41) is 3.37. The fourth-order valence-corrected chi connectivity index (χ4v) is 5.86. The van der Waals surface area contributed by atoms with E-state index < -0.39 is 0 Å². The number of alkyl halides is 1. The number of amides is 1. The predicted molar refractivity (Wildman–Crippen MR) is 82.8 cm³/mol. The molecular weight excluding hydrogens is 270 g/mol. The number of rotatable bonds is 5. The Morgan fingerprint density at radius 2 is 1.55 bits per heavy atom. The molecule has 0 aromatic rings. The van der Waals surface area contributed by atoms with Crippen LogP contribution in [0.4, 0.5) is 0 Å². The molecule has 4 aliphatic carbocycles. The Morgan fingerprint density at radius 1 is 1.10 bits per heavy atom. The minimum absolute atomic E-state index is 0.0452. The summed E-state index contributed by atoms with van der Waals surface area (Å²) in [6, 6.07) is 0. The standard InChI is InChI=1S/C17H28ClNO/c1-3-17(4-2,11-18)19-15(20)16-8-12-5-13(9-16)7-14(6-12)10-16/h12-14H,3-11H2,1-2H3,(H,19,20). The fourth-order valence-electron chi connectivity index (χ4n) is 5.41. The van der Waals surface area contributed by atoms with Gasteiger partial charge < -0.3 is 5.32 Å². The molecular formula is C17H28ClNO. The van der Waals surface area contributed by atoms with E-state index in [9.17, 15) is 4.79 Å². The lowest BCUT2D eigenvalue weighted by molar-refractivity contribution is -0.148.